The summed E-state index contributed by atoms with van der Waals surface area (Å²) in [7, 11) is 4.88. The molecule has 1 atom stereocenters. The maximum absolute atomic E-state index is 13.4. The van der Waals surface area contributed by atoms with Gasteiger partial charge in [-0.25, -0.2) is 4.79 Å². The van der Waals surface area contributed by atoms with Gasteiger partial charge in [-0.15, -0.1) is 0 Å². The van der Waals surface area contributed by atoms with E-state index in [1.54, 1.807) is 43.2 Å². The van der Waals surface area contributed by atoms with Gasteiger partial charge >= 0.3 is 6.03 Å². The summed E-state index contributed by atoms with van der Waals surface area (Å²) in [5.41, 5.74) is 13.9. The zero-order chi connectivity index (χ0) is 25.6. The quantitative estimate of drug-likeness (QED) is 0.505. The number of urea groups is 1. The highest BCUT2D eigenvalue weighted by Gasteiger charge is 2.43. The van der Waals surface area contributed by atoms with Crippen molar-refractivity contribution in [2.45, 2.75) is 19.8 Å². The molecule has 35 heavy (non-hydrogen) atoms. The number of anilines is 2. The lowest BCUT2D eigenvalue weighted by molar-refractivity contribution is -0.125. The first kappa shape index (κ1) is 25.9. The second-order valence-electron chi connectivity index (χ2n) is 8.88. The molecule has 1 aliphatic heterocycles. The average molecular weight is 482 g/mol. The van der Waals surface area contributed by atoms with Crippen molar-refractivity contribution in [2.24, 2.45) is 16.9 Å². The van der Waals surface area contributed by atoms with Crippen LogP contribution in [0.3, 0.4) is 0 Å². The third-order valence-corrected chi connectivity index (χ3v) is 6.58. The van der Waals surface area contributed by atoms with Crippen LogP contribution in [0.5, 0.6) is 11.5 Å². The van der Waals surface area contributed by atoms with Crippen LogP contribution in [0, 0.1) is 5.41 Å². The summed E-state index contributed by atoms with van der Waals surface area (Å²) in [6, 6.07) is 12.5. The first-order valence-electron chi connectivity index (χ1n) is 11.5. The van der Waals surface area contributed by atoms with E-state index < -0.39 is 5.41 Å². The minimum Gasteiger partial charge on any atom is -0.497 e. The molecule has 0 bridgehead atoms. The Balaban J connectivity index is 1.65. The Labute approximate surface area is 206 Å². The van der Waals surface area contributed by atoms with Gasteiger partial charge in [0.1, 0.15) is 11.5 Å². The van der Waals surface area contributed by atoms with Gasteiger partial charge in [0.15, 0.2) is 0 Å². The van der Waals surface area contributed by atoms with E-state index in [1.807, 2.05) is 37.3 Å². The Morgan fingerprint density at radius 3 is 2.66 bits per heavy atom. The average Bonchev–Trinajstić information content (AvgIpc) is 3.17. The van der Waals surface area contributed by atoms with E-state index in [1.165, 1.54) is 6.20 Å². The first-order chi connectivity index (χ1) is 16.8. The molecular weight excluding hydrogens is 446 g/mol. The number of amides is 3. The zero-order valence-corrected chi connectivity index (χ0v) is 20.8. The van der Waals surface area contributed by atoms with Gasteiger partial charge in [-0.2, -0.15) is 0 Å². The largest absolute Gasteiger partial charge is 0.497 e. The maximum atomic E-state index is 13.4. The van der Waals surface area contributed by atoms with Crippen LogP contribution in [-0.2, 0) is 4.79 Å². The summed E-state index contributed by atoms with van der Waals surface area (Å²) in [4.78, 5) is 29.4. The molecule has 5 N–H and O–H groups in total. The number of methoxy groups -OCH3 is 2. The number of rotatable bonds is 9. The molecule has 2 aromatic rings. The molecule has 3 amide bonds. The van der Waals surface area contributed by atoms with E-state index in [4.69, 9.17) is 20.9 Å². The molecule has 0 aromatic heterocycles. The molecule has 1 heterocycles. The second kappa shape index (κ2) is 11.1. The van der Waals surface area contributed by atoms with Crippen LogP contribution >= 0.6 is 0 Å². The smallest absolute Gasteiger partial charge is 0.321 e. The van der Waals surface area contributed by atoms with Gasteiger partial charge in [0.25, 0.3) is 0 Å². The summed E-state index contributed by atoms with van der Waals surface area (Å²) < 4.78 is 10.7. The fourth-order valence-corrected chi connectivity index (χ4v) is 4.19. The van der Waals surface area contributed by atoms with Crippen LogP contribution in [0.2, 0.25) is 0 Å². The molecule has 1 fully saturated rings. The minimum absolute atomic E-state index is 0.0299. The predicted octanol–water partition coefficient (Wildman–Crippen LogP) is 3.26. The number of hydrogen-bond donors (Lipinski definition) is 3. The van der Waals surface area contributed by atoms with E-state index in [9.17, 15) is 9.59 Å². The van der Waals surface area contributed by atoms with Gasteiger partial charge in [-0.1, -0.05) is 13.0 Å². The van der Waals surface area contributed by atoms with Gasteiger partial charge in [-0.05, 0) is 48.9 Å². The van der Waals surface area contributed by atoms with E-state index in [0.717, 1.165) is 16.8 Å². The van der Waals surface area contributed by atoms with Crippen molar-refractivity contribution in [2.75, 3.05) is 51.1 Å². The molecular formula is C26H35N5O4. The highest BCUT2D eigenvalue weighted by molar-refractivity contribution is 6.00. The van der Waals surface area contributed by atoms with E-state index in [-0.39, 0.29) is 18.5 Å². The predicted molar refractivity (Wildman–Crippen MR) is 139 cm³/mol. The standard InChI is InChI=1S/C26H35N5O4/c1-26(10-12-30(2)25(33)29-19-6-5-7-21(14-19)34-3)11-13-31(24(26)32)20-8-9-22(18(16-27)17-28)23(15-20)35-4/h5-9,14-16H,10-13,17,27-28H2,1-4H3,(H,29,33)/b18-16+. The molecule has 0 spiro atoms. The van der Waals surface area contributed by atoms with Crippen molar-refractivity contribution in [1.29, 1.82) is 0 Å². The molecule has 3 rings (SSSR count). The lowest BCUT2D eigenvalue weighted by Gasteiger charge is -2.27. The third kappa shape index (κ3) is 5.68. The number of nitrogens with zero attached hydrogens (tertiary/aromatic N) is 2. The number of nitrogens with one attached hydrogen (secondary N) is 1. The summed E-state index contributed by atoms with van der Waals surface area (Å²) >= 11 is 0. The van der Waals surface area contributed by atoms with Crippen molar-refractivity contribution in [3.8, 4) is 11.5 Å². The monoisotopic (exact) mass is 481 g/mol. The molecule has 2 aromatic carbocycles. The van der Waals surface area contributed by atoms with E-state index >= 15 is 0 Å². The number of benzene rings is 2. The van der Waals surface area contributed by atoms with Crippen molar-refractivity contribution in [3.63, 3.8) is 0 Å². The molecule has 0 radical (unpaired) electrons. The van der Waals surface area contributed by atoms with Gasteiger partial charge in [0.05, 0.1) is 19.6 Å². The van der Waals surface area contributed by atoms with E-state index in [0.29, 0.717) is 43.1 Å². The fraction of sp³-hybridized carbons (Fsp3) is 0.385. The van der Waals surface area contributed by atoms with E-state index in [2.05, 4.69) is 5.32 Å². The summed E-state index contributed by atoms with van der Waals surface area (Å²) in [5, 5.41) is 2.86. The lowest BCUT2D eigenvalue weighted by Crippen LogP contribution is -2.38. The molecule has 0 aliphatic carbocycles. The Hall–Kier alpha value is -3.72. The Morgan fingerprint density at radius 2 is 2.00 bits per heavy atom. The Bertz CT molecular complexity index is 1100. The summed E-state index contributed by atoms with van der Waals surface area (Å²) in [5.74, 6) is 1.31. The SMILES string of the molecule is COc1cccc(NC(=O)N(C)CCC2(C)CCN(c3ccc(/C(=C/N)CN)c(OC)c3)C2=O)c1. The molecule has 1 aliphatic rings. The highest BCUT2D eigenvalue weighted by Crippen LogP contribution is 2.39. The number of hydrogen-bond acceptors (Lipinski definition) is 6. The molecule has 9 heteroatoms. The van der Waals surface area contributed by atoms with Crippen LogP contribution < -0.4 is 31.2 Å². The molecule has 9 nitrogen and oxygen atoms in total. The summed E-state index contributed by atoms with van der Waals surface area (Å²) in [6.45, 7) is 3.27. The highest BCUT2D eigenvalue weighted by atomic mass is 16.5. The van der Waals surface area contributed by atoms with Crippen molar-refractivity contribution >= 4 is 28.9 Å². The topological polar surface area (TPSA) is 123 Å². The normalized spacial score (nSPS) is 17.9. The Kier molecular flexibility index (Phi) is 8.24. The van der Waals surface area contributed by atoms with Gasteiger partial charge in [-0.3, -0.25) is 4.79 Å². The Morgan fingerprint density at radius 1 is 1.23 bits per heavy atom. The summed E-state index contributed by atoms with van der Waals surface area (Å²) in [6.07, 6.45) is 2.71. The molecule has 1 saturated heterocycles. The molecule has 0 saturated carbocycles. The molecule has 1 unspecified atom stereocenters. The molecule has 188 valence electrons. The number of carbonyl (C=O) groups is 2. The fourth-order valence-electron chi connectivity index (χ4n) is 4.19. The third-order valence-electron chi connectivity index (χ3n) is 6.58. The number of ether oxygens (including phenoxy) is 2. The zero-order valence-electron chi connectivity index (χ0n) is 20.8. The van der Waals surface area contributed by atoms with Gasteiger partial charge < -0.3 is 36.1 Å². The first-order valence-corrected chi connectivity index (χ1v) is 11.5. The van der Waals surface area contributed by atoms with Crippen LogP contribution in [-0.4, -0.2) is 57.7 Å². The van der Waals surface area contributed by atoms with Crippen LogP contribution in [0.25, 0.3) is 5.57 Å². The van der Waals surface area contributed by atoms with Crippen molar-refractivity contribution in [3.05, 3.63) is 54.2 Å². The minimum atomic E-state index is -0.573. The maximum Gasteiger partial charge on any atom is 0.321 e. The number of nitrogens with two attached hydrogens (primary N) is 2. The van der Waals surface area contributed by atoms with Crippen LogP contribution in [0.1, 0.15) is 25.3 Å². The number of carbonyl (C=O) groups excluding carboxylic acids is 2. The van der Waals surface area contributed by atoms with Crippen molar-refractivity contribution < 1.29 is 19.1 Å². The van der Waals surface area contributed by atoms with Gasteiger partial charge in [0.2, 0.25) is 5.91 Å². The van der Waals surface area contributed by atoms with Gasteiger partial charge in [0, 0.05) is 55.8 Å². The second-order valence-corrected chi connectivity index (χ2v) is 8.88. The lowest BCUT2D eigenvalue weighted by atomic mass is 9.85. The van der Waals surface area contributed by atoms with Crippen molar-refractivity contribution in [1.82, 2.24) is 4.90 Å². The van der Waals surface area contributed by atoms with Crippen LogP contribution in [0.15, 0.2) is 48.7 Å². The van der Waals surface area contributed by atoms with Crippen LogP contribution in [0.4, 0.5) is 16.2 Å².